The minimum absolute atomic E-state index is 0.0257. The Bertz CT molecular complexity index is 1520. The van der Waals surface area contributed by atoms with Gasteiger partial charge in [0, 0.05) is 12.8 Å². The fraction of sp³-hybridized carbons (Fsp3) is 0.700. The van der Waals surface area contributed by atoms with Crippen LogP contribution in [0.4, 0.5) is 0 Å². The fourth-order valence-electron chi connectivity index (χ4n) is 7.39. The first-order valence-corrected chi connectivity index (χ1v) is 29.6. The zero-order valence-electron chi connectivity index (χ0n) is 45.7. The molecule has 0 aliphatic heterocycles. The number of carbonyl (C=O) groups is 2. The first-order valence-electron chi connectivity index (χ1n) is 28.1. The van der Waals surface area contributed by atoms with Crippen molar-refractivity contribution in [1.82, 2.24) is 5.32 Å². The molecule has 0 aliphatic rings. The molecule has 10 heteroatoms. The molecular formula is C60H106N2O7P+. The van der Waals surface area contributed by atoms with Gasteiger partial charge in [-0.05, 0) is 102 Å². The third-order valence-electron chi connectivity index (χ3n) is 11.8. The lowest BCUT2D eigenvalue weighted by Crippen LogP contribution is -2.47. The topological polar surface area (TPSA) is 111 Å². The van der Waals surface area contributed by atoms with E-state index in [0.29, 0.717) is 17.4 Å². The van der Waals surface area contributed by atoms with Gasteiger partial charge in [0.2, 0.25) is 5.91 Å². The number of carbonyl (C=O) groups excluding carboxylic acids is 2. The highest BCUT2D eigenvalue weighted by Crippen LogP contribution is 2.43. The number of phosphoric ester groups is 1. The molecule has 3 unspecified atom stereocenters. The monoisotopic (exact) mass is 998 g/mol. The average Bonchev–Trinajstić information content (AvgIpc) is 3.32. The number of allylic oxidation sites excluding steroid dienone is 15. The second-order valence-corrected chi connectivity index (χ2v) is 21.2. The number of hydrogen-bond donors (Lipinski definition) is 2. The SMILES string of the molecule is CC/C=C\C/C=C\C/C=C\C/C=C\C/C=C\C/C=C\CCCCC(=O)NC(COP(=O)(O)OCC[N+](C)(C)C)C(/C=C\CCCCCCCCCCCC)OC(=O)CCCCCCC/C=C\CCCC. The Kier molecular flexibility index (Phi) is 47.3. The molecule has 0 fully saturated rings. The maximum atomic E-state index is 13.5. The predicted octanol–water partition coefficient (Wildman–Crippen LogP) is 16.8. The highest BCUT2D eigenvalue weighted by Gasteiger charge is 2.30. The summed E-state index contributed by atoms with van der Waals surface area (Å²) in [6.45, 7) is 6.79. The Balaban J connectivity index is 5.40. The van der Waals surface area contributed by atoms with Crippen LogP contribution in [-0.2, 0) is 27.9 Å². The predicted molar refractivity (Wildman–Crippen MR) is 300 cm³/mol. The van der Waals surface area contributed by atoms with Crippen LogP contribution in [0.5, 0.6) is 0 Å². The summed E-state index contributed by atoms with van der Waals surface area (Å²) in [6.07, 6.45) is 65.5. The van der Waals surface area contributed by atoms with Crippen molar-refractivity contribution in [2.75, 3.05) is 40.9 Å². The fourth-order valence-corrected chi connectivity index (χ4v) is 8.13. The second kappa shape index (κ2) is 49.5. The quantitative estimate of drug-likeness (QED) is 0.0205. The van der Waals surface area contributed by atoms with Crippen molar-refractivity contribution in [2.45, 2.75) is 232 Å². The van der Waals surface area contributed by atoms with E-state index in [2.05, 4.69) is 111 Å². The van der Waals surface area contributed by atoms with Crippen LogP contribution in [0.3, 0.4) is 0 Å². The molecule has 0 spiro atoms. The number of unbranched alkanes of at least 4 members (excludes halogenated alkanes) is 19. The standard InChI is InChI=1S/C60H105N2O7P/c1-7-10-13-16-19-22-25-27-28-29-30-31-32-33-34-35-38-40-43-46-49-52-59(63)61-57(56-68-70(65,66)67-55-54-62(4,5)6)58(51-48-45-42-39-37-26-23-20-17-14-11-8-2)69-60(64)53-50-47-44-41-36-24-21-18-15-12-9-3/h10,13,18-19,21-22,27-28,30-31,33-34,38,40,48,51,57-58H,7-9,11-12,14-17,20,23-26,29,32,35-37,39,41-47,49-50,52-56H2,1-6H3,(H-,61,63,65,66)/p+1/b13-10-,21-18-,22-19-,28-27-,31-30-,34-33-,40-38-,51-48-. The summed E-state index contributed by atoms with van der Waals surface area (Å²) in [5, 5.41) is 3.01. The van der Waals surface area contributed by atoms with Crippen LogP contribution in [0.25, 0.3) is 0 Å². The van der Waals surface area contributed by atoms with Gasteiger partial charge in [-0.3, -0.25) is 18.6 Å². The number of rotatable bonds is 49. The van der Waals surface area contributed by atoms with Gasteiger partial charge in [-0.2, -0.15) is 0 Å². The molecule has 0 bridgehead atoms. The maximum Gasteiger partial charge on any atom is 0.472 e. The van der Waals surface area contributed by atoms with Crippen molar-refractivity contribution < 1.29 is 37.3 Å². The number of phosphoric acid groups is 1. The Morgan fingerprint density at radius 1 is 0.514 bits per heavy atom. The van der Waals surface area contributed by atoms with Crippen molar-refractivity contribution in [3.63, 3.8) is 0 Å². The maximum absolute atomic E-state index is 13.5. The van der Waals surface area contributed by atoms with Gasteiger partial charge in [0.25, 0.3) is 0 Å². The van der Waals surface area contributed by atoms with Gasteiger partial charge < -0.3 is 19.4 Å². The summed E-state index contributed by atoms with van der Waals surface area (Å²) in [6, 6.07) is -0.878. The van der Waals surface area contributed by atoms with Gasteiger partial charge in [-0.25, -0.2) is 4.57 Å². The molecule has 0 heterocycles. The summed E-state index contributed by atoms with van der Waals surface area (Å²) in [4.78, 5) is 37.5. The molecule has 70 heavy (non-hydrogen) atoms. The van der Waals surface area contributed by atoms with E-state index < -0.39 is 20.0 Å². The largest absolute Gasteiger partial charge is 0.472 e. The molecule has 0 aromatic heterocycles. The molecular weight excluding hydrogens is 892 g/mol. The van der Waals surface area contributed by atoms with E-state index >= 15 is 0 Å². The molecule has 0 aromatic carbocycles. The van der Waals surface area contributed by atoms with Gasteiger partial charge in [-0.15, -0.1) is 0 Å². The summed E-state index contributed by atoms with van der Waals surface area (Å²) in [5.41, 5.74) is 0. The number of ether oxygens (including phenoxy) is 1. The summed E-state index contributed by atoms with van der Waals surface area (Å²) in [7, 11) is 1.45. The van der Waals surface area contributed by atoms with Crippen LogP contribution in [0.2, 0.25) is 0 Å². The van der Waals surface area contributed by atoms with Gasteiger partial charge in [0.1, 0.15) is 19.3 Å². The van der Waals surface area contributed by atoms with E-state index in [4.69, 9.17) is 13.8 Å². The molecule has 402 valence electrons. The van der Waals surface area contributed by atoms with E-state index in [1.165, 1.54) is 64.2 Å². The number of esters is 1. The Morgan fingerprint density at radius 3 is 1.44 bits per heavy atom. The van der Waals surface area contributed by atoms with Crippen molar-refractivity contribution in [3.05, 3.63) is 97.2 Å². The van der Waals surface area contributed by atoms with Crippen LogP contribution in [-0.4, -0.2) is 74.3 Å². The van der Waals surface area contributed by atoms with Gasteiger partial charge in [0.05, 0.1) is 33.8 Å². The minimum atomic E-state index is -4.46. The average molecular weight is 998 g/mol. The second-order valence-electron chi connectivity index (χ2n) is 19.7. The van der Waals surface area contributed by atoms with E-state index in [0.717, 1.165) is 116 Å². The third kappa shape index (κ3) is 49.9. The lowest BCUT2D eigenvalue weighted by Gasteiger charge is -2.27. The highest BCUT2D eigenvalue weighted by atomic mass is 31.2. The highest BCUT2D eigenvalue weighted by molar-refractivity contribution is 7.47. The zero-order valence-corrected chi connectivity index (χ0v) is 46.6. The molecule has 2 N–H and O–H groups in total. The number of nitrogens with one attached hydrogen (secondary N) is 1. The molecule has 0 radical (unpaired) electrons. The first-order chi connectivity index (χ1) is 33.9. The van der Waals surface area contributed by atoms with Crippen molar-refractivity contribution in [2.24, 2.45) is 0 Å². The summed E-state index contributed by atoms with van der Waals surface area (Å²) in [5.74, 6) is -0.575. The molecule has 0 rings (SSSR count). The summed E-state index contributed by atoms with van der Waals surface area (Å²) < 4.78 is 30.5. The lowest BCUT2D eigenvalue weighted by molar-refractivity contribution is -0.870. The van der Waals surface area contributed by atoms with Crippen LogP contribution in [0, 0.1) is 0 Å². The van der Waals surface area contributed by atoms with Crippen molar-refractivity contribution in [3.8, 4) is 0 Å². The zero-order chi connectivity index (χ0) is 51.5. The Morgan fingerprint density at radius 2 is 0.929 bits per heavy atom. The molecule has 0 aliphatic carbocycles. The van der Waals surface area contributed by atoms with Crippen molar-refractivity contribution >= 4 is 19.7 Å². The molecule has 9 nitrogen and oxygen atoms in total. The number of nitrogens with zero attached hydrogens (tertiary/aromatic N) is 1. The minimum Gasteiger partial charge on any atom is -0.456 e. The van der Waals surface area contributed by atoms with Gasteiger partial charge in [-0.1, -0.05) is 202 Å². The van der Waals surface area contributed by atoms with E-state index in [-0.39, 0.29) is 37.9 Å². The number of amides is 1. The first kappa shape index (κ1) is 66.9. The number of hydrogen-bond acceptors (Lipinski definition) is 6. The van der Waals surface area contributed by atoms with Crippen LogP contribution in [0.1, 0.15) is 220 Å². The molecule has 1 amide bonds. The van der Waals surface area contributed by atoms with Crippen LogP contribution < -0.4 is 5.32 Å². The molecule has 0 aromatic rings. The van der Waals surface area contributed by atoms with Gasteiger partial charge >= 0.3 is 13.8 Å². The lowest BCUT2D eigenvalue weighted by atomic mass is 10.1. The summed E-state index contributed by atoms with van der Waals surface area (Å²) >= 11 is 0. The van der Waals surface area contributed by atoms with E-state index in [9.17, 15) is 19.0 Å². The van der Waals surface area contributed by atoms with Crippen molar-refractivity contribution in [1.29, 1.82) is 0 Å². The Hall–Kier alpha value is -3.07. The third-order valence-corrected chi connectivity index (χ3v) is 12.7. The normalized spacial score (nSPS) is 14.6. The smallest absolute Gasteiger partial charge is 0.456 e. The van der Waals surface area contributed by atoms with E-state index in [1.807, 2.05) is 33.3 Å². The molecule has 0 saturated carbocycles. The van der Waals surface area contributed by atoms with Crippen LogP contribution >= 0.6 is 7.82 Å². The van der Waals surface area contributed by atoms with Crippen LogP contribution in [0.15, 0.2) is 97.2 Å². The number of likely N-dealkylation sites (N-methyl/N-ethyl adjacent to an activating group) is 1. The Labute approximate surface area is 430 Å². The van der Waals surface area contributed by atoms with E-state index in [1.54, 1.807) is 0 Å². The number of quaternary nitrogens is 1. The molecule has 0 saturated heterocycles. The van der Waals surface area contributed by atoms with Gasteiger partial charge in [0.15, 0.2) is 0 Å². The molecule has 3 atom stereocenters.